The van der Waals surface area contributed by atoms with E-state index in [4.69, 9.17) is 4.74 Å². The summed E-state index contributed by atoms with van der Waals surface area (Å²) in [6.07, 6.45) is 1.49. The summed E-state index contributed by atoms with van der Waals surface area (Å²) >= 11 is 3.36. The number of ether oxygens (including phenoxy) is 1. The van der Waals surface area contributed by atoms with Crippen LogP contribution < -0.4 is 4.74 Å². The Morgan fingerprint density at radius 3 is 2.59 bits per heavy atom. The molecular formula is C13H18BrNO2. The molecule has 94 valence electrons. The van der Waals surface area contributed by atoms with Crippen molar-refractivity contribution in [1.29, 1.82) is 0 Å². The van der Waals surface area contributed by atoms with Gasteiger partial charge in [0.25, 0.3) is 0 Å². The van der Waals surface area contributed by atoms with Crippen LogP contribution in [0.3, 0.4) is 0 Å². The van der Waals surface area contributed by atoms with Gasteiger partial charge in [-0.2, -0.15) is 0 Å². The van der Waals surface area contributed by atoms with Crippen molar-refractivity contribution in [2.45, 2.75) is 19.8 Å². The van der Waals surface area contributed by atoms with Gasteiger partial charge in [-0.3, -0.25) is 4.79 Å². The van der Waals surface area contributed by atoms with Gasteiger partial charge in [-0.05, 0) is 30.7 Å². The lowest BCUT2D eigenvalue weighted by molar-refractivity contribution is -0.130. The highest BCUT2D eigenvalue weighted by molar-refractivity contribution is 9.10. The first kappa shape index (κ1) is 14.0. The van der Waals surface area contributed by atoms with Gasteiger partial charge >= 0.3 is 0 Å². The number of benzene rings is 1. The fraction of sp³-hybridized carbons (Fsp3) is 0.462. The largest absolute Gasteiger partial charge is 0.492 e. The van der Waals surface area contributed by atoms with Crippen LogP contribution in [0.5, 0.6) is 5.75 Å². The second-order valence-electron chi connectivity index (χ2n) is 3.87. The molecule has 0 unspecified atom stereocenters. The summed E-state index contributed by atoms with van der Waals surface area (Å²) in [5, 5.41) is 0. The normalized spacial score (nSPS) is 10.1. The summed E-state index contributed by atoms with van der Waals surface area (Å²) in [5.74, 6) is 0.997. The van der Waals surface area contributed by atoms with E-state index in [0.717, 1.165) is 16.6 Å². The van der Waals surface area contributed by atoms with Gasteiger partial charge in [-0.25, -0.2) is 0 Å². The molecular weight excluding hydrogens is 282 g/mol. The lowest BCUT2D eigenvalue weighted by Crippen LogP contribution is -2.30. The number of halogens is 1. The first-order valence-corrected chi connectivity index (χ1v) is 6.55. The Morgan fingerprint density at radius 2 is 2.00 bits per heavy atom. The summed E-state index contributed by atoms with van der Waals surface area (Å²) < 4.78 is 6.57. The number of nitrogens with zero attached hydrogens (tertiary/aromatic N) is 1. The first-order valence-electron chi connectivity index (χ1n) is 5.75. The molecule has 17 heavy (non-hydrogen) atoms. The predicted octanol–water partition coefficient (Wildman–Crippen LogP) is 3.09. The number of hydrogen-bond acceptors (Lipinski definition) is 2. The van der Waals surface area contributed by atoms with Gasteiger partial charge < -0.3 is 9.64 Å². The topological polar surface area (TPSA) is 29.5 Å². The van der Waals surface area contributed by atoms with Crippen molar-refractivity contribution in [3.63, 3.8) is 0 Å². The SMILES string of the molecule is CCCC(=O)N(C)CCOc1ccc(Br)cc1. The van der Waals surface area contributed by atoms with Crippen LogP contribution >= 0.6 is 15.9 Å². The Kier molecular flexibility index (Phi) is 6.05. The summed E-state index contributed by atoms with van der Waals surface area (Å²) in [6, 6.07) is 7.67. The molecule has 1 aromatic carbocycles. The molecule has 0 spiro atoms. The number of likely N-dealkylation sites (N-methyl/N-ethyl adjacent to an activating group) is 1. The van der Waals surface area contributed by atoms with Crippen LogP contribution in [0.25, 0.3) is 0 Å². The molecule has 0 N–H and O–H groups in total. The Hall–Kier alpha value is -1.03. The third-order valence-electron chi connectivity index (χ3n) is 2.40. The summed E-state index contributed by atoms with van der Waals surface area (Å²) in [4.78, 5) is 13.2. The molecule has 0 radical (unpaired) electrons. The maximum atomic E-state index is 11.5. The van der Waals surface area contributed by atoms with Gasteiger partial charge in [-0.15, -0.1) is 0 Å². The Labute approximate surface area is 111 Å². The molecule has 1 rings (SSSR count). The van der Waals surface area contributed by atoms with Crippen LogP contribution in [0.4, 0.5) is 0 Å². The Balaban J connectivity index is 2.27. The van der Waals surface area contributed by atoms with Crippen LogP contribution in [0, 0.1) is 0 Å². The molecule has 0 bridgehead atoms. The standard InChI is InChI=1S/C13H18BrNO2/c1-3-4-13(16)15(2)9-10-17-12-7-5-11(14)6-8-12/h5-8H,3-4,9-10H2,1-2H3. The zero-order chi connectivity index (χ0) is 12.7. The summed E-state index contributed by atoms with van der Waals surface area (Å²) in [6.45, 7) is 3.15. The zero-order valence-corrected chi connectivity index (χ0v) is 11.9. The molecule has 0 fully saturated rings. The monoisotopic (exact) mass is 299 g/mol. The van der Waals surface area contributed by atoms with Gasteiger partial charge in [0, 0.05) is 17.9 Å². The molecule has 0 saturated carbocycles. The number of amides is 1. The molecule has 1 aromatic rings. The van der Waals surface area contributed by atoms with Crippen LogP contribution in [0.2, 0.25) is 0 Å². The smallest absolute Gasteiger partial charge is 0.222 e. The van der Waals surface area contributed by atoms with Gasteiger partial charge in [0.15, 0.2) is 0 Å². The van der Waals surface area contributed by atoms with Crippen molar-refractivity contribution in [2.24, 2.45) is 0 Å². The second kappa shape index (κ2) is 7.33. The predicted molar refractivity (Wildman–Crippen MR) is 72.2 cm³/mol. The van der Waals surface area contributed by atoms with E-state index in [1.165, 1.54) is 0 Å². The number of hydrogen-bond donors (Lipinski definition) is 0. The van der Waals surface area contributed by atoms with E-state index >= 15 is 0 Å². The van der Waals surface area contributed by atoms with Crippen LogP contribution in [0.1, 0.15) is 19.8 Å². The minimum Gasteiger partial charge on any atom is -0.492 e. The summed E-state index contributed by atoms with van der Waals surface area (Å²) in [7, 11) is 1.81. The van der Waals surface area contributed by atoms with Crippen LogP contribution in [-0.2, 0) is 4.79 Å². The highest BCUT2D eigenvalue weighted by atomic mass is 79.9. The van der Waals surface area contributed by atoms with Crippen molar-refractivity contribution in [2.75, 3.05) is 20.2 Å². The molecule has 4 heteroatoms. The van der Waals surface area contributed by atoms with Crippen LogP contribution in [0.15, 0.2) is 28.7 Å². The minimum absolute atomic E-state index is 0.173. The Morgan fingerprint density at radius 1 is 1.35 bits per heavy atom. The highest BCUT2D eigenvalue weighted by Crippen LogP contribution is 2.15. The van der Waals surface area contributed by atoms with Crippen molar-refractivity contribution >= 4 is 21.8 Å². The van der Waals surface area contributed by atoms with Gasteiger partial charge in [0.05, 0.1) is 6.54 Å². The average Bonchev–Trinajstić information content (AvgIpc) is 2.32. The third-order valence-corrected chi connectivity index (χ3v) is 2.93. The lowest BCUT2D eigenvalue weighted by atomic mass is 10.3. The highest BCUT2D eigenvalue weighted by Gasteiger charge is 2.06. The number of carbonyl (C=O) groups is 1. The summed E-state index contributed by atoms with van der Waals surface area (Å²) in [5.41, 5.74) is 0. The van der Waals surface area contributed by atoms with Gasteiger partial charge in [0.1, 0.15) is 12.4 Å². The van der Waals surface area contributed by atoms with Gasteiger partial charge in [0.2, 0.25) is 5.91 Å². The Bertz CT molecular complexity index is 351. The molecule has 0 aliphatic rings. The molecule has 3 nitrogen and oxygen atoms in total. The molecule has 0 atom stereocenters. The quantitative estimate of drug-likeness (QED) is 0.808. The van der Waals surface area contributed by atoms with Gasteiger partial charge in [-0.1, -0.05) is 22.9 Å². The molecule has 0 heterocycles. The van der Waals surface area contributed by atoms with Crippen molar-refractivity contribution in [1.82, 2.24) is 4.90 Å². The number of rotatable bonds is 6. The first-order chi connectivity index (χ1) is 8.13. The van der Waals surface area contributed by atoms with E-state index in [0.29, 0.717) is 19.6 Å². The molecule has 0 aliphatic heterocycles. The van der Waals surface area contributed by atoms with Crippen LogP contribution in [-0.4, -0.2) is 31.0 Å². The average molecular weight is 300 g/mol. The van der Waals surface area contributed by atoms with Crippen molar-refractivity contribution in [3.05, 3.63) is 28.7 Å². The van der Waals surface area contributed by atoms with E-state index in [1.807, 2.05) is 38.2 Å². The molecule has 1 amide bonds. The molecule has 0 saturated heterocycles. The fourth-order valence-electron chi connectivity index (χ4n) is 1.36. The van der Waals surface area contributed by atoms with Crippen molar-refractivity contribution < 1.29 is 9.53 Å². The zero-order valence-electron chi connectivity index (χ0n) is 10.3. The maximum absolute atomic E-state index is 11.5. The molecule has 0 aromatic heterocycles. The lowest BCUT2D eigenvalue weighted by Gasteiger charge is -2.17. The van der Waals surface area contributed by atoms with E-state index in [9.17, 15) is 4.79 Å². The third kappa shape index (κ3) is 5.22. The van der Waals surface area contributed by atoms with E-state index in [1.54, 1.807) is 4.90 Å². The second-order valence-corrected chi connectivity index (χ2v) is 4.78. The maximum Gasteiger partial charge on any atom is 0.222 e. The van der Waals surface area contributed by atoms with E-state index in [-0.39, 0.29) is 5.91 Å². The van der Waals surface area contributed by atoms with E-state index in [2.05, 4.69) is 15.9 Å². The molecule has 0 aliphatic carbocycles. The number of carbonyl (C=O) groups excluding carboxylic acids is 1. The van der Waals surface area contributed by atoms with Crippen molar-refractivity contribution in [3.8, 4) is 5.75 Å². The minimum atomic E-state index is 0.173. The van der Waals surface area contributed by atoms with E-state index < -0.39 is 0 Å². The fourth-order valence-corrected chi connectivity index (χ4v) is 1.63.